The van der Waals surface area contributed by atoms with Crippen molar-refractivity contribution in [3.05, 3.63) is 78.1 Å². The van der Waals surface area contributed by atoms with Crippen LogP contribution in [0.2, 0.25) is 0 Å². The van der Waals surface area contributed by atoms with Crippen molar-refractivity contribution in [2.75, 3.05) is 19.1 Å². The molecule has 0 saturated heterocycles. The van der Waals surface area contributed by atoms with Crippen molar-refractivity contribution in [2.24, 2.45) is 7.05 Å². The van der Waals surface area contributed by atoms with Crippen LogP contribution in [0.15, 0.2) is 66.9 Å². The normalized spacial score (nSPS) is 11.0. The Labute approximate surface area is 189 Å². The summed E-state index contributed by atoms with van der Waals surface area (Å²) in [5.41, 5.74) is 6.65. The van der Waals surface area contributed by atoms with Gasteiger partial charge in [0.2, 0.25) is 5.91 Å². The van der Waals surface area contributed by atoms with Gasteiger partial charge in [-0.15, -0.1) is 0 Å². The van der Waals surface area contributed by atoms with E-state index >= 15 is 0 Å². The van der Waals surface area contributed by atoms with Crippen molar-refractivity contribution in [1.82, 2.24) is 9.55 Å². The Morgan fingerprint density at radius 2 is 1.84 bits per heavy atom. The average Bonchev–Trinajstić information content (AvgIpc) is 3.15. The van der Waals surface area contributed by atoms with E-state index in [1.165, 1.54) is 11.1 Å². The highest BCUT2D eigenvalue weighted by molar-refractivity contribution is 5.92. The summed E-state index contributed by atoms with van der Waals surface area (Å²) < 4.78 is 7.43. The summed E-state index contributed by atoms with van der Waals surface area (Å²) in [6.07, 6.45) is 4.95. The molecule has 0 atom stereocenters. The van der Waals surface area contributed by atoms with Crippen LogP contribution in [0.1, 0.15) is 24.6 Å². The van der Waals surface area contributed by atoms with E-state index in [1.807, 2.05) is 30.5 Å². The van der Waals surface area contributed by atoms with Gasteiger partial charge in [-0.25, -0.2) is 0 Å². The van der Waals surface area contributed by atoms with Crippen LogP contribution in [0, 0.1) is 0 Å². The molecular formula is C27H29N3O2. The first-order valence-corrected chi connectivity index (χ1v) is 10.9. The standard InChI is InChI=1S/C27H29N3O2/c1-19(31)29(2)24-10-6-8-21(15-24)26-16-22-18-28-23(17-27(22)30(26)3)9-5-7-20-11-13-25(32-4)14-12-20/h6,8,10-18H,5,7,9H2,1-4H3. The molecule has 164 valence electrons. The number of methoxy groups -OCH3 is 1. The summed E-state index contributed by atoms with van der Waals surface area (Å²) in [4.78, 5) is 18.1. The highest BCUT2D eigenvalue weighted by Gasteiger charge is 2.12. The van der Waals surface area contributed by atoms with Crippen LogP contribution < -0.4 is 9.64 Å². The molecule has 0 N–H and O–H groups in total. The van der Waals surface area contributed by atoms with Crippen molar-refractivity contribution >= 4 is 22.5 Å². The van der Waals surface area contributed by atoms with Gasteiger partial charge in [0.1, 0.15) is 5.75 Å². The molecule has 0 fully saturated rings. The number of amides is 1. The van der Waals surface area contributed by atoms with E-state index in [2.05, 4.69) is 48.0 Å². The maximum absolute atomic E-state index is 11.7. The molecule has 0 unspecified atom stereocenters. The van der Waals surface area contributed by atoms with Gasteiger partial charge in [0.05, 0.1) is 12.6 Å². The minimum absolute atomic E-state index is 0.0164. The predicted octanol–water partition coefficient (Wildman–Crippen LogP) is 5.41. The monoisotopic (exact) mass is 427 g/mol. The van der Waals surface area contributed by atoms with Gasteiger partial charge in [0, 0.05) is 55.2 Å². The molecule has 0 saturated carbocycles. The van der Waals surface area contributed by atoms with Crippen molar-refractivity contribution < 1.29 is 9.53 Å². The number of nitrogens with zero attached hydrogens (tertiary/aromatic N) is 3. The molecule has 2 aromatic carbocycles. The molecule has 0 bridgehead atoms. The Morgan fingerprint density at radius 1 is 1.06 bits per heavy atom. The zero-order valence-corrected chi connectivity index (χ0v) is 19.1. The maximum Gasteiger partial charge on any atom is 0.223 e. The SMILES string of the molecule is COc1ccc(CCCc2cc3c(cn2)cc(-c2cccc(N(C)C(C)=O)c2)n3C)cc1. The zero-order valence-electron chi connectivity index (χ0n) is 19.1. The number of aromatic nitrogens is 2. The van der Waals surface area contributed by atoms with E-state index in [0.717, 1.165) is 53.0 Å². The van der Waals surface area contributed by atoms with Gasteiger partial charge in [-0.05, 0) is 61.2 Å². The first-order chi connectivity index (χ1) is 15.5. The van der Waals surface area contributed by atoms with Crippen LogP contribution in [-0.2, 0) is 24.7 Å². The molecule has 32 heavy (non-hydrogen) atoms. The Kier molecular flexibility index (Phi) is 6.26. The predicted molar refractivity (Wildman–Crippen MR) is 130 cm³/mol. The third-order valence-corrected chi connectivity index (χ3v) is 6.04. The third-order valence-electron chi connectivity index (χ3n) is 6.04. The lowest BCUT2D eigenvalue weighted by Crippen LogP contribution is -2.22. The van der Waals surface area contributed by atoms with Crippen LogP contribution in [-0.4, -0.2) is 29.6 Å². The molecule has 4 rings (SSSR count). The second-order valence-corrected chi connectivity index (χ2v) is 8.15. The number of carbonyl (C=O) groups excluding carboxylic acids is 1. The van der Waals surface area contributed by atoms with Gasteiger partial charge >= 0.3 is 0 Å². The van der Waals surface area contributed by atoms with Gasteiger partial charge in [-0.1, -0.05) is 24.3 Å². The maximum atomic E-state index is 11.7. The summed E-state index contributed by atoms with van der Waals surface area (Å²) in [7, 11) is 5.57. The summed E-state index contributed by atoms with van der Waals surface area (Å²) in [5.74, 6) is 0.904. The van der Waals surface area contributed by atoms with Crippen LogP contribution in [0.25, 0.3) is 22.2 Å². The highest BCUT2D eigenvalue weighted by atomic mass is 16.5. The fourth-order valence-corrected chi connectivity index (χ4v) is 4.01. The highest BCUT2D eigenvalue weighted by Crippen LogP contribution is 2.30. The van der Waals surface area contributed by atoms with Crippen molar-refractivity contribution in [2.45, 2.75) is 26.2 Å². The minimum atomic E-state index is 0.0164. The van der Waals surface area contributed by atoms with Crippen LogP contribution in [0.4, 0.5) is 5.69 Å². The van der Waals surface area contributed by atoms with Gasteiger partial charge < -0.3 is 14.2 Å². The number of hydrogen-bond acceptors (Lipinski definition) is 3. The lowest BCUT2D eigenvalue weighted by Gasteiger charge is -2.16. The molecule has 4 aromatic rings. The summed E-state index contributed by atoms with van der Waals surface area (Å²) in [6.45, 7) is 1.57. The number of benzene rings is 2. The molecule has 1 amide bonds. The molecule has 0 spiro atoms. The number of fused-ring (bicyclic) bond motifs is 1. The Bertz CT molecular complexity index is 1240. The van der Waals surface area contributed by atoms with E-state index in [-0.39, 0.29) is 5.91 Å². The van der Waals surface area contributed by atoms with Crippen LogP contribution in [0.3, 0.4) is 0 Å². The molecule has 0 aliphatic carbocycles. The number of ether oxygens (including phenoxy) is 1. The van der Waals surface area contributed by atoms with Gasteiger partial charge in [0.15, 0.2) is 0 Å². The van der Waals surface area contributed by atoms with Gasteiger partial charge in [-0.3, -0.25) is 9.78 Å². The van der Waals surface area contributed by atoms with Crippen LogP contribution in [0.5, 0.6) is 5.75 Å². The van der Waals surface area contributed by atoms with E-state index in [0.29, 0.717) is 0 Å². The molecule has 5 nitrogen and oxygen atoms in total. The summed E-state index contributed by atoms with van der Waals surface area (Å²) >= 11 is 0. The number of carbonyl (C=O) groups is 1. The molecule has 0 radical (unpaired) electrons. The number of pyridine rings is 1. The quantitative estimate of drug-likeness (QED) is 0.396. The lowest BCUT2D eigenvalue weighted by molar-refractivity contribution is -0.116. The van der Waals surface area contributed by atoms with E-state index < -0.39 is 0 Å². The smallest absolute Gasteiger partial charge is 0.223 e. The Balaban J connectivity index is 1.52. The molecule has 2 heterocycles. The molecule has 5 heteroatoms. The van der Waals surface area contributed by atoms with Crippen molar-refractivity contribution in [1.29, 1.82) is 0 Å². The Morgan fingerprint density at radius 3 is 2.56 bits per heavy atom. The zero-order chi connectivity index (χ0) is 22.7. The van der Waals surface area contributed by atoms with Gasteiger partial charge in [-0.2, -0.15) is 0 Å². The van der Waals surface area contributed by atoms with E-state index in [9.17, 15) is 4.79 Å². The number of hydrogen-bond donors (Lipinski definition) is 0. The molecular weight excluding hydrogens is 398 g/mol. The molecule has 0 aliphatic rings. The number of anilines is 1. The Hall–Kier alpha value is -3.60. The third kappa shape index (κ3) is 4.52. The van der Waals surface area contributed by atoms with Crippen molar-refractivity contribution in [3.8, 4) is 17.0 Å². The first kappa shape index (κ1) is 21.6. The average molecular weight is 428 g/mol. The number of rotatable bonds is 7. The van der Waals surface area contributed by atoms with E-state index in [4.69, 9.17) is 9.72 Å². The molecule has 0 aliphatic heterocycles. The topological polar surface area (TPSA) is 47.4 Å². The molecule has 2 aromatic heterocycles. The second-order valence-electron chi connectivity index (χ2n) is 8.15. The largest absolute Gasteiger partial charge is 0.497 e. The second kappa shape index (κ2) is 9.27. The number of aryl methyl sites for hydroxylation is 3. The fourth-order valence-electron chi connectivity index (χ4n) is 4.01. The van der Waals surface area contributed by atoms with Gasteiger partial charge in [0.25, 0.3) is 0 Å². The van der Waals surface area contributed by atoms with E-state index in [1.54, 1.807) is 26.0 Å². The minimum Gasteiger partial charge on any atom is -0.497 e. The first-order valence-electron chi connectivity index (χ1n) is 10.9. The van der Waals surface area contributed by atoms with Crippen molar-refractivity contribution in [3.63, 3.8) is 0 Å². The summed E-state index contributed by atoms with van der Waals surface area (Å²) in [6, 6.07) is 20.7. The summed E-state index contributed by atoms with van der Waals surface area (Å²) in [5, 5.41) is 1.12. The lowest BCUT2D eigenvalue weighted by atomic mass is 10.1. The van der Waals surface area contributed by atoms with Crippen LogP contribution >= 0.6 is 0 Å². The fraction of sp³-hybridized carbons (Fsp3) is 0.259.